The Morgan fingerprint density at radius 2 is 1.78 bits per heavy atom. The molecule has 2 aromatic carbocycles. The van der Waals surface area contributed by atoms with E-state index < -0.39 is 0 Å². The van der Waals surface area contributed by atoms with Crippen LogP contribution in [0.25, 0.3) is 10.9 Å². The highest BCUT2D eigenvalue weighted by Crippen LogP contribution is 2.19. The second kappa shape index (κ2) is 10.6. The quantitative estimate of drug-likeness (QED) is 0.397. The molecule has 7 nitrogen and oxygen atoms in total. The molecular formula is C24H28N4O3S. The number of para-hydroxylation sites is 1. The van der Waals surface area contributed by atoms with Gasteiger partial charge in [0.05, 0.1) is 24.1 Å². The number of aromatic nitrogens is 2. The minimum absolute atomic E-state index is 0.00397. The molecule has 0 atom stereocenters. The van der Waals surface area contributed by atoms with Crippen LogP contribution in [0.4, 0.5) is 11.4 Å². The first-order valence-electron chi connectivity index (χ1n) is 11.1. The third-order valence-electron chi connectivity index (χ3n) is 5.70. The Bertz CT molecular complexity index is 1180. The van der Waals surface area contributed by atoms with Crippen molar-refractivity contribution in [3.8, 4) is 0 Å². The first kappa shape index (κ1) is 22.2. The minimum Gasteiger partial charge on any atom is -0.378 e. The number of nitrogens with zero attached hydrogens (tertiary/aromatic N) is 2. The van der Waals surface area contributed by atoms with Crippen molar-refractivity contribution >= 4 is 40.4 Å². The molecule has 0 saturated carbocycles. The van der Waals surface area contributed by atoms with Crippen LogP contribution < -0.4 is 15.8 Å². The van der Waals surface area contributed by atoms with E-state index in [0.29, 0.717) is 23.1 Å². The molecule has 0 spiro atoms. The van der Waals surface area contributed by atoms with Gasteiger partial charge in [0, 0.05) is 37.4 Å². The van der Waals surface area contributed by atoms with E-state index >= 15 is 0 Å². The number of fused-ring (bicyclic) bond motifs is 1. The van der Waals surface area contributed by atoms with E-state index in [0.717, 1.165) is 62.5 Å². The van der Waals surface area contributed by atoms with Gasteiger partial charge < -0.3 is 19.9 Å². The van der Waals surface area contributed by atoms with Crippen molar-refractivity contribution in [1.29, 1.82) is 0 Å². The van der Waals surface area contributed by atoms with Gasteiger partial charge in [-0.15, -0.1) is 0 Å². The maximum atomic E-state index is 12.7. The summed E-state index contributed by atoms with van der Waals surface area (Å²) in [7, 11) is 0. The normalized spacial score (nSPS) is 13.9. The Labute approximate surface area is 192 Å². The Hall–Kier alpha value is -2.97. The summed E-state index contributed by atoms with van der Waals surface area (Å²) in [4.78, 5) is 30.3. The summed E-state index contributed by atoms with van der Waals surface area (Å²) in [5.74, 6) is 0.00397. The van der Waals surface area contributed by atoms with Crippen molar-refractivity contribution in [3.05, 3.63) is 63.7 Å². The van der Waals surface area contributed by atoms with Crippen LogP contribution in [-0.4, -0.2) is 41.8 Å². The van der Waals surface area contributed by atoms with Gasteiger partial charge in [0.1, 0.15) is 0 Å². The average molecular weight is 453 g/mol. The molecule has 168 valence electrons. The fourth-order valence-corrected chi connectivity index (χ4v) is 4.22. The lowest BCUT2D eigenvalue weighted by atomic mass is 10.1. The molecule has 0 unspecified atom stereocenters. The molecule has 0 bridgehead atoms. The number of H-pyrrole nitrogens is 1. The number of carbonyl (C=O) groups is 1. The second-order valence-corrected chi connectivity index (χ2v) is 8.32. The van der Waals surface area contributed by atoms with Crippen molar-refractivity contribution in [3.63, 3.8) is 0 Å². The van der Waals surface area contributed by atoms with Gasteiger partial charge in [-0.1, -0.05) is 18.6 Å². The minimum atomic E-state index is -0.0670. The molecule has 1 amide bonds. The number of unbranched alkanes of at least 4 members (excludes halogenated alkanes) is 2. The fraction of sp³-hybridized carbons (Fsp3) is 0.375. The molecule has 2 heterocycles. The fourth-order valence-electron chi connectivity index (χ4n) is 3.93. The van der Waals surface area contributed by atoms with Gasteiger partial charge in [-0.05, 0) is 61.5 Å². The van der Waals surface area contributed by atoms with Crippen LogP contribution in [0, 0.1) is 4.77 Å². The number of hydrogen-bond donors (Lipinski definition) is 2. The molecule has 8 heteroatoms. The van der Waals surface area contributed by atoms with E-state index in [1.165, 1.54) is 0 Å². The number of rotatable bonds is 8. The summed E-state index contributed by atoms with van der Waals surface area (Å²) >= 11 is 5.34. The van der Waals surface area contributed by atoms with Crippen LogP contribution in [-0.2, 0) is 16.1 Å². The Morgan fingerprint density at radius 3 is 2.56 bits per heavy atom. The monoisotopic (exact) mass is 452 g/mol. The summed E-state index contributed by atoms with van der Waals surface area (Å²) in [5.41, 5.74) is 2.64. The van der Waals surface area contributed by atoms with E-state index in [-0.39, 0.29) is 11.5 Å². The zero-order valence-corrected chi connectivity index (χ0v) is 18.8. The number of benzene rings is 2. The SMILES string of the molecule is O=C(CCCCCn1c(=S)[nH]c2ccccc2c1=O)Nc1ccc(N2CCOCC2)cc1. The molecule has 1 aliphatic heterocycles. The standard InChI is InChI=1S/C24H28N4O3S/c29-22(25-18-9-11-19(12-10-18)27-14-16-31-17-15-27)8-2-1-5-13-28-23(30)20-6-3-4-7-21(20)26-24(28)32/h3-4,6-7,9-12H,1-2,5,8,13-17H2,(H,25,29)(H,26,32). The maximum absolute atomic E-state index is 12.7. The number of nitrogens with one attached hydrogen (secondary N) is 2. The van der Waals surface area contributed by atoms with E-state index in [2.05, 4.69) is 15.2 Å². The van der Waals surface area contributed by atoms with Gasteiger partial charge in [0.2, 0.25) is 5.91 Å². The highest BCUT2D eigenvalue weighted by molar-refractivity contribution is 7.71. The van der Waals surface area contributed by atoms with Crippen molar-refractivity contribution in [2.45, 2.75) is 32.2 Å². The first-order valence-corrected chi connectivity index (χ1v) is 11.5. The van der Waals surface area contributed by atoms with E-state index in [1.807, 2.05) is 42.5 Å². The molecule has 4 rings (SSSR count). The van der Waals surface area contributed by atoms with Gasteiger partial charge in [-0.3, -0.25) is 14.2 Å². The van der Waals surface area contributed by atoms with Crippen LogP contribution >= 0.6 is 12.2 Å². The van der Waals surface area contributed by atoms with Crippen molar-refractivity contribution in [2.75, 3.05) is 36.5 Å². The molecule has 1 aromatic heterocycles. The lowest BCUT2D eigenvalue weighted by Gasteiger charge is -2.28. The lowest BCUT2D eigenvalue weighted by molar-refractivity contribution is -0.116. The predicted molar refractivity (Wildman–Crippen MR) is 130 cm³/mol. The molecule has 1 fully saturated rings. The molecule has 32 heavy (non-hydrogen) atoms. The molecule has 1 aliphatic rings. The number of aromatic amines is 1. The van der Waals surface area contributed by atoms with Crippen LogP contribution in [0.15, 0.2) is 53.3 Å². The van der Waals surface area contributed by atoms with Gasteiger partial charge in [0.15, 0.2) is 4.77 Å². The molecule has 0 aliphatic carbocycles. The van der Waals surface area contributed by atoms with Gasteiger partial charge in [-0.25, -0.2) is 0 Å². The molecule has 2 N–H and O–H groups in total. The van der Waals surface area contributed by atoms with Gasteiger partial charge in [-0.2, -0.15) is 0 Å². The van der Waals surface area contributed by atoms with Crippen molar-refractivity contribution < 1.29 is 9.53 Å². The first-order chi connectivity index (χ1) is 15.6. The number of anilines is 2. The number of morpholine rings is 1. The topological polar surface area (TPSA) is 79.4 Å². The predicted octanol–water partition coefficient (Wildman–Crippen LogP) is 4.09. The zero-order chi connectivity index (χ0) is 22.3. The Morgan fingerprint density at radius 1 is 1.03 bits per heavy atom. The summed E-state index contributed by atoms with van der Waals surface area (Å²) in [6.45, 7) is 3.83. The van der Waals surface area contributed by atoms with E-state index in [4.69, 9.17) is 17.0 Å². The number of hydrogen-bond acceptors (Lipinski definition) is 5. The Kier molecular flexibility index (Phi) is 7.34. The number of carbonyl (C=O) groups excluding carboxylic acids is 1. The highest BCUT2D eigenvalue weighted by Gasteiger charge is 2.11. The smallest absolute Gasteiger partial charge is 0.262 e. The number of ether oxygens (including phenoxy) is 1. The second-order valence-electron chi connectivity index (χ2n) is 7.94. The molecule has 1 saturated heterocycles. The van der Waals surface area contributed by atoms with Gasteiger partial charge in [0.25, 0.3) is 5.56 Å². The van der Waals surface area contributed by atoms with E-state index in [9.17, 15) is 9.59 Å². The van der Waals surface area contributed by atoms with Crippen LogP contribution in [0.3, 0.4) is 0 Å². The summed E-state index contributed by atoms with van der Waals surface area (Å²) in [6, 6.07) is 15.3. The third kappa shape index (κ3) is 5.44. The Balaban J connectivity index is 1.21. The summed E-state index contributed by atoms with van der Waals surface area (Å²) < 4.78 is 7.43. The summed E-state index contributed by atoms with van der Waals surface area (Å²) in [6.07, 6.45) is 2.84. The zero-order valence-electron chi connectivity index (χ0n) is 18.0. The van der Waals surface area contributed by atoms with Crippen LogP contribution in [0.2, 0.25) is 0 Å². The van der Waals surface area contributed by atoms with Crippen molar-refractivity contribution in [2.24, 2.45) is 0 Å². The summed E-state index contributed by atoms with van der Waals surface area (Å²) in [5, 5.41) is 3.60. The lowest BCUT2D eigenvalue weighted by Crippen LogP contribution is -2.36. The molecular weight excluding hydrogens is 424 g/mol. The molecule has 3 aromatic rings. The van der Waals surface area contributed by atoms with E-state index in [1.54, 1.807) is 10.6 Å². The highest BCUT2D eigenvalue weighted by atomic mass is 32.1. The van der Waals surface area contributed by atoms with Crippen molar-refractivity contribution in [1.82, 2.24) is 9.55 Å². The maximum Gasteiger partial charge on any atom is 0.262 e. The van der Waals surface area contributed by atoms with Crippen LogP contribution in [0.5, 0.6) is 0 Å². The van der Waals surface area contributed by atoms with Gasteiger partial charge >= 0.3 is 0 Å². The third-order valence-corrected chi connectivity index (χ3v) is 6.02. The molecule has 0 radical (unpaired) electrons. The largest absolute Gasteiger partial charge is 0.378 e. The average Bonchev–Trinajstić information content (AvgIpc) is 2.82. The van der Waals surface area contributed by atoms with Crippen LogP contribution in [0.1, 0.15) is 25.7 Å². The number of amides is 1.